The molecule has 0 atom stereocenters. The molecule has 0 aromatic rings. The molecule has 0 aliphatic carbocycles. The van der Waals surface area contributed by atoms with E-state index in [9.17, 15) is 0 Å². The van der Waals surface area contributed by atoms with Gasteiger partial charge in [-0.1, -0.05) is 58.2 Å². The zero-order valence-corrected chi connectivity index (χ0v) is 15.6. The Bertz CT molecular complexity index is 97.7. The fourth-order valence-corrected chi connectivity index (χ4v) is 6.00. The van der Waals surface area contributed by atoms with Gasteiger partial charge in [-0.2, -0.15) is 0 Å². The van der Waals surface area contributed by atoms with Gasteiger partial charge in [-0.3, -0.25) is 0 Å². The topological polar surface area (TPSA) is 0 Å². The van der Waals surface area contributed by atoms with Gasteiger partial charge in [-0.15, -0.1) is 0 Å². The van der Waals surface area contributed by atoms with Crippen molar-refractivity contribution < 1.29 is 0 Å². The van der Waals surface area contributed by atoms with Crippen LogP contribution in [-0.4, -0.2) is 28.6 Å². The van der Waals surface area contributed by atoms with Crippen LogP contribution < -0.4 is 0 Å². The molecule has 0 fully saturated rings. The molecule has 14 heavy (non-hydrogen) atoms. The van der Waals surface area contributed by atoms with Crippen molar-refractivity contribution in [1.29, 1.82) is 0 Å². The van der Waals surface area contributed by atoms with Gasteiger partial charge in [0, 0.05) is 0 Å². The zero-order valence-electron chi connectivity index (χ0n) is 11.7. The predicted molar refractivity (Wildman–Crippen MR) is 74.4 cm³/mol. The third-order valence-corrected chi connectivity index (χ3v) is 6.00. The standard InChI is InChI=1S/C9H21Si.3CH3.Sn/c1-7(2)10(8(3)4)9(5)6;;;;/h7-9H,1-6H3;3*1H3;. The SMILES string of the molecule is CC(C)[Si](C(C)C)C(C)C.[CH3][Sn]([CH3])[CH3]. The molecule has 0 heterocycles. The van der Waals surface area contributed by atoms with E-state index in [0.29, 0.717) is 0 Å². The molecule has 0 rings (SSSR count). The first-order valence-corrected chi connectivity index (χ1v) is 16.1. The van der Waals surface area contributed by atoms with Crippen molar-refractivity contribution in [3.05, 3.63) is 0 Å². The third kappa shape index (κ3) is 11.1. The summed E-state index contributed by atoms with van der Waals surface area (Å²) in [5, 5.41) is 0. The van der Waals surface area contributed by atoms with E-state index in [1.165, 1.54) is 0 Å². The summed E-state index contributed by atoms with van der Waals surface area (Å²) in [7, 11) is -0.0957. The summed E-state index contributed by atoms with van der Waals surface area (Å²) >= 11 is -0.543. The number of hydrogen-bond donors (Lipinski definition) is 0. The monoisotopic (exact) mass is 322 g/mol. The number of hydrogen-bond acceptors (Lipinski definition) is 0. The summed E-state index contributed by atoms with van der Waals surface area (Å²) in [4.78, 5) is 7.09. The van der Waals surface area contributed by atoms with Gasteiger partial charge in [0.05, 0.1) is 8.80 Å². The van der Waals surface area contributed by atoms with E-state index >= 15 is 0 Å². The van der Waals surface area contributed by atoms with Gasteiger partial charge in [-0.25, -0.2) is 0 Å². The van der Waals surface area contributed by atoms with Crippen molar-refractivity contribution in [2.75, 3.05) is 0 Å². The Morgan fingerprint density at radius 1 is 0.643 bits per heavy atom. The van der Waals surface area contributed by atoms with E-state index in [-0.39, 0.29) is 8.80 Å². The Labute approximate surface area is 101 Å². The van der Waals surface area contributed by atoms with Gasteiger partial charge in [0.25, 0.3) is 0 Å². The van der Waals surface area contributed by atoms with Gasteiger partial charge in [-0.05, 0) is 0 Å². The Hall–Kier alpha value is 1.02. The summed E-state index contributed by atoms with van der Waals surface area (Å²) in [5.41, 5.74) is 2.81. The molecule has 0 aromatic heterocycles. The van der Waals surface area contributed by atoms with Crippen LogP contribution in [0, 0.1) is 0 Å². The molecule has 0 aromatic carbocycles. The van der Waals surface area contributed by atoms with Crippen LogP contribution in [0.3, 0.4) is 0 Å². The average molecular weight is 321 g/mol. The van der Waals surface area contributed by atoms with Crippen molar-refractivity contribution in [2.24, 2.45) is 0 Å². The Balaban J connectivity index is 0. The van der Waals surface area contributed by atoms with Gasteiger partial charge in [0.15, 0.2) is 0 Å². The fraction of sp³-hybridized carbons (Fsp3) is 1.00. The van der Waals surface area contributed by atoms with Crippen LogP contribution in [-0.2, 0) is 0 Å². The van der Waals surface area contributed by atoms with Gasteiger partial charge in [0.2, 0.25) is 0 Å². The van der Waals surface area contributed by atoms with Crippen molar-refractivity contribution in [3.63, 3.8) is 0 Å². The quantitative estimate of drug-likeness (QED) is 0.636. The van der Waals surface area contributed by atoms with Crippen LogP contribution in [0.1, 0.15) is 41.5 Å². The van der Waals surface area contributed by atoms with E-state index in [2.05, 4.69) is 56.4 Å². The summed E-state index contributed by atoms with van der Waals surface area (Å²) in [6.07, 6.45) is 0. The van der Waals surface area contributed by atoms with E-state index in [4.69, 9.17) is 0 Å². The van der Waals surface area contributed by atoms with E-state index < -0.39 is 19.8 Å². The molecule has 0 unspecified atom stereocenters. The van der Waals surface area contributed by atoms with Gasteiger partial charge >= 0.3 is 34.6 Å². The minimum absolute atomic E-state index is 0.0957. The van der Waals surface area contributed by atoms with Crippen LogP contribution >= 0.6 is 0 Å². The molecule has 86 valence electrons. The summed E-state index contributed by atoms with van der Waals surface area (Å²) in [6.45, 7) is 14.2. The molecule has 0 amide bonds. The fourth-order valence-electron chi connectivity index (χ4n) is 2.00. The first-order valence-electron chi connectivity index (χ1n) is 5.83. The molecule has 2 heteroatoms. The van der Waals surface area contributed by atoms with Crippen molar-refractivity contribution in [3.8, 4) is 0 Å². The average Bonchev–Trinajstić information content (AvgIpc) is 1.80. The molecule has 0 bridgehead atoms. The Morgan fingerprint density at radius 3 is 0.786 bits per heavy atom. The van der Waals surface area contributed by atoms with Crippen LogP contribution in [0.5, 0.6) is 0 Å². The predicted octanol–water partition coefficient (Wildman–Crippen LogP) is 5.08. The molecule has 0 nitrogen and oxygen atoms in total. The van der Waals surface area contributed by atoms with Crippen LogP contribution in [0.2, 0.25) is 31.4 Å². The molecule has 2 radical (unpaired) electrons. The molecule has 0 spiro atoms. The Kier molecular flexibility index (Phi) is 11.5. The summed E-state index contributed by atoms with van der Waals surface area (Å²) < 4.78 is 0. The molecular weight excluding hydrogens is 291 g/mol. The normalized spacial score (nSPS) is 11.6. The van der Waals surface area contributed by atoms with Gasteiger partial charge < -0.3 is 0 Å². The first-order chi connectivity index (χ1) is 6.20. The zero-order chi connectivity index (χ0) is 11.9. The van der Waals surface area contributed by atoms with Crippen LogP contribution in [0.25, 0.3) is 0 Å². The molecular formula is C12H30SiSn. The maximum atomic E-state index is 2.37. The third-order valence-electron chi connectivity index (χ3n) is 2.00. The van der Waals surface area contributed by atoms with Crippen molar-refractivity contribution >= 4 is 28.6 Å². The molecule has 0 aliphatic heterocycles. The maximum absolute atomic E-state index is 2.37. The molecule has 0 aliphatic rings. The number of rotatable bonds is 3. The second kappa shape index (κ2) is 9.26. The van der Waals surface area contributed by atoms with Crippen molar-refractivity contribution in [2.45, 2.75) is 73.0 Å². The van der Waals surface area contributed by atoms with E-state index in [0.717, 1.165) is 16.6 Å². The Morgan fingerprint density at radius 2 is 0.786 bits per heavy atom. The van der Waals surface area contributed by atoms with E-state index in [1.54, 1.807) is 0 Å². The molecule has 0 saturated heterocycles. The first kappa shape index (κ1) is 17.4. The molecule has 0 saturated carbocycles. The molecule has 0 N–H and O–H groups in total. The van der Waals surface area contributed by atoms with Crippen molar-refractivity contribution in [1.82, 2.24) is 0 Å². The van der Waals surface area contributed by atoms with Gasteiger partial charge in [0.1, 0.15) is 0 Å². The van der Waals surface area contributed by atoms with E-state index in [1.807, 2.05) is 0 Å². The van der Waals surface area contributed by atoms with Crippen LogP contribution in [0.15, 0.2) is 0 Å². The second-order valence-corrected chi connectivity index (χ2v) is 18.5. The second-order valence-electron chi connectivity index (χ2n) is 5.46. The summed E-state index contributed by atoms with van der Waals surface area (Å²) in [6, 6.07) is 0. The summed E-state index contributed by atoms with van der Waals surface area (Å²) in [5.74, 6) is 0. The van der Waals surface area contributed by atoms with Crippen LogP contribution in [0.4, 0.5) is 0 Å². The minimum atomic E-state index is -0.543.